The maximum Gasteiger partial charge on any atom is 0.170 e. The normalized spacial score (nSPS) is 10.1. The summed E-state index contributed by atoms with van der Waals surface area (Å²) in [6.07, 6.45) is 4.24. The summed E-state index contributed by atoms with van der Waals surface area (Å²) >= 11 is 5.38. The number of ketones is 1. The molecule has 5 nitrogen and oxygen atoms in total. The largest absolute Gasteiger partial charge is 0.508 e. The van der Waals surface area contributed by atoms with Crippen molar-refractivity contribution < 1.29 is 25.2 Å². The second-order valence-corrected chi connectivity index (χ2v) is 6.22. The van der Waals surface area contributed by atoms with Gasteiger partial charge in [-0.2, -0.15) is 0 Å². The minimum atomic E-state index is -0.446. The summed E-state index contributed by atoms with van der Waals surface area (Å²) in [5.41, 5.74) is 0.662. The van der Waals surface area contributed by atoms with E-state index in [1.165, 1.54) is 31.4 Å². The van der Waals surface area contributed by atoms with Crippen molar-refractivity contribution in [2.75, 3.05) is 5.88 Å². The summed E-state index contributed by atoms with van der Waals surface area (Å²) in [5, 5.41) is 37.5. The van der Waals surface area contributed by atoms with Crippen molar-refractivity contribution in [3.05, 3.63) is 47.5 Å². The lowest BCUT2D eigenvalue weighted by Crippen LogP contribution is -2.02. The zero-order valence-corrected chi connectivity index (χ0v) is 15.5. The van der Waals surface area contributed by atoms with E-state index < -0.39 is 17.3 Å². The van der Waals surface area contributed by atoms with Gasteiger partial charge >= 0.3 is 0 Å². The standard InChI is InChI=1S/C15H14O5.C5H11Cl/c16-10-4-1-9(2-5-10)3-6-12(18)15-13(19)7-11(17)8-14(15)20;1-2-3-4-5-6/h1-2,4-5,7-8,16-17,19-20H,3,6H2;2-5H2,1H3. The number of phenolic OH excluding ortho intramolecular Hbond substituents is 4. The number of Topliss-reactive ketones (excluding diaryl/α,β-unsaturated/α-hetero) is 1. The molecular weight excluding hydrogens is 356 g/mol. The zero-order valence-electron chi connectivity index (χ0n) is 14.8. The first kappa shape index (κ1) is 21.6. The molecule has 142 valence electrons. The number of hydrogen-bond acceptors (Lipinski definition) is 5. The first-order chi connectivity index (χ1) is 12.4. The highest BCUT2D eigenvalue weighted by molar-refractivity contribution is 6.17. The number of hydrogen-bond donors (Lipinski definition) is 4. The van der Waals surface area contributed by atoms with Crippen molar-refractivity contribution in [1.82, 2.24) is 0 Å². The number of alkyl halides is 1. The van der Waals surface area contributed by atoms with E-state index in [4.69, 9.17) is 16.7 Å². The quantitative estimate of drug-likeness (QED) is 0.316. The van der Waals surface area contributed by atoms with Gasteiger partial charge in [0.1, 0.15) is 28.6 Å². The van der Waals surface area contributed by atoms with Crippen LogP contribution in [0, 0.1) is 0 Å². The highest BCUT2D eigenvalue weighted by Gasteiger charge is 2.17. The molecule has 6 heteroatoms. The Kier molecular flexibility index (Phi) is 9.37. The number of carbonyl (C=O) groups is 1. The van der Waals surface area contributed by atoms with Crippen molar-refractivity contribution in [3.8, 4) is 23.0 Å². The number of phenols is 4. The van der Waals surface area contributed by atoms with E-state index in [1.807, 2.05) is 0 Å². The van der Waals surface area contributed by atoms with Gasteiger partial charge in [-0.15, -0.1) is 11.6 Å². The molecule has 0 aliphatic heterocycles. The Labute approximate surface area is 158 Å². The highest BCUT2D eigenvalue weighted by Crippen LogP contribution is 2.33. The fourth-order valence-electron chi connectivity index (χ4n) is 2.27. The molecule has 0 spiro atoms. The number of halogens is 1. The molecule has 0 fully saturated rings. The molecule has 0 aliphatic rings. The van der Waals surface area contributed by atoms with E-state index in [9.17, 15) is 20.1 Å². The van der Waals surface area contributed by atoms with Crippen LogP contribution in [0.5, 0.6) is 23.0 Å². The minimum absolute atomic E-state index is 0.0939. The summed E-state index contributed by atoms with van der Waals surface area (Å²) in [7, 11) is 0. The Morgan fingerprint density at radius 3 is 1.96 bits per heavy atom. The van der Waals surface area contributed by atoms with Gasteiger partial charge in [-0.1, -0.05) is 31.9 Å². The van der Waals surface area contributed by atoms with Crippen LogP contribution in [0.2, 0.25) is 0 Å². The van der Waals surface area contributed by atoms with Crippen LogP contribution in [0.25, 0.3) is 0 Å². The van der Waals surface area contributed by atoms with Crippen LogP contribution in [0.1, 0.15) is 48.5 Å². The van der Waals surface area contributed by atoms with Crippen molar-refractivity contribution in [3.63, 3.8) is 0 Å². The van der Waals surface area contributed by atoms with E-state index in [0.29, 0.717) is 6.42 Å². The van der Waals surface area contributed by atoms with Crippen molar-refractivity contribution in [2.45, 2.75) is 39.0 Å². The second kappa shape index (κ2) is 11.3. The predicted molar refractivity (Wildman–Crippen MR) is 102 cm³/mol. The van der Waals surface area contributed by atoms with Crippen molar-refractivity contribution in [2.24, 2.45) is 0 Å². The van der Waals surface area contributed by atoms with Gasteiger partial charge in [-0.25, -0.2) is 0 Å². The Morgan fingerprint density at radius 2 is 1.50 bits per heavy atom. The molecule has 2 aromatic carbocycles. The average Bonchev–Trinajstić information content (AvgIpc) is 2.59. The third-order valence-corrected chi connectivity index (χ3v) is 3.94. The SMILES string of the molecule is CCCCCCl.O=C(CCc1ccc(O)cc1)c1c(O)cc(O)cc1O. The van der Waals surface area contributed by atoms with Crippen LogP contribution in [-0.2, 0) is 6.42 Å². The van der Waals surface area contributed by atoms with E-state index in [0.717, 1.165) is 23.6 Å². The van der Waals surface area contributed by atoms with E-state index in [2.05, 4.69) is 6.92 Å². The third kappa shape index (κ3) is 7.23. The fourth-order valence-corrected chi connectivity index (χ4v) is 2.46. The van der Waals surface area contributed by atoms with Gasteiger partial charge in [0.25, 0.3) is 0 Å². The Morgan fingerprint density at radius 1 is 0.923 bits per heavy atom. The Bertz CT molecular complexity index is 671. The molecule has 0 aromatic heterocycles. The number of carbonyl (C=O) groups excluding carboxylic acids is 1. The topological polar surface area (TPSA) is 98.0 Å². The second-order valence-electron chi connectivity index (χ2n) is 5.84. The van der Waals surface area contributed by atoms with Crippen LogP contribution >= 0.6 is 11.6 Å². The summed E-state index contributed by atoms with van der Waals surface area (Å²) in [6, 6.07) is 8.45. The Balaban J connectivity index is 0.000000487. The number of aryl methyl sites for hydroxylation is 1. The van der Waals surface area contributed by atoms with E-state index >= 15 is 0 Å². The van der Waals surface area contributed by atoms with E-state index in [1.54, 1.807) is 12.1 Å². The number of benzene rings is 2. The number of unbranched alkanes of at least 4 members (excludes halogenated alkanes) is 2. The zero-order chi connectivity index (χ0) is 19.5. The number of rotatable bonds is 7. The summed E-state index contributed by atoms with van der Waals surface area (Å²) in [4.78, 5) is 12.0. The monoisotopic (exact) mass is 380 g/mol. The molecule has 0 bridgehead atoms. The maximum absolute atomic E-state index is 12.0. The van der Waals surface area contributed by atoms with Crippen LogP contribution in [0.15, 0.2) is 36.4 Å². The van der Waals surface area contributed by atoms with Gasteiger partial charge in [0.05, 0.1) is 0 Å². The molecule has 0 aliphatic carbocycles. The average molecular weight is 381 g/mol. The molecule has 0 saturated heterocycles. The van der Waals surface area contributed by atoms with Crippen LogP contribution in [0.3, 0.4) is 0 Å². The molecule has 0 atom stereocenters. The van der Waals surface area contributed by atoms with Gasteiger partial charge in [0.2, 0.25) is 0 Å². The molecular formula is C20H25ClO5. The lowest BCUT2D eigenvalue weighted by atomic mass is 10.0. The molecule has 26 heavy (non-hydrogen) atoms. The van der Waals surface area contributed by atoms with Crippen LogP contribution in [-0.4, -0.2) is 32.1 Å². The van der Waals surface area contributed by atoms with Crippen molar-refractivity contribution >= 4 is 17.4 Å². The fraction of sp³-hybridized carbons (Fsp3) is 0.350. The van der Waals surface area contributed by atoms with Crippen LogP contribution in [0.4, 0.5) is 0 Å². The van der Waals surface area contributed by atoms with Crippen molar-refractivity contribution in [1.29, 1.82) is 0 Å². The number of aromatic hydroxyl groups is 4. The van der Waals surface area contributed by atoms with Gasteiger partial charge < -0.3 is 20.4 Å². The lowest BCUT2D eigenvalue weighted by molar-refractivity contribution is 0.0977. The third-order valence-electron chi connectivity index (χ3n) is 3.67. The molecule has 4 N–H and O–H groups in total. The van der Waals surface area contributed by atoms with Gasteiger partial charge in [-0.3, -0.25) is 4.79 Å². The summed E-state index contributed by atoms with van der Waals surface area (Å²) < 4.78 is 0. The highest BCUT2D eigenvalue weighted by atomic mass is 35.5. The smallest absolute Gasteiger partial charge is 0.170 e. The van der Waals surface area contributed by atoms with Gasteiger partial charge in [0, 0.05) is 24.4 Å². The molecule has 0 amide bonds. The first-order valence-electron chi connectivity index (χ1n) is 8.51. The van der Waals surface area contributed by atoms with E-state index in [-0.39, 0.29) is 23.5 Å². The Hall–Kier alpha value is -2.40. The predicted octanol–water partition coefficient (Wildman–Crippen LogP) is 4.74. The first-order valence-corrected chi connectivity index (χ1v) is 9.04. The summed E-state index contributed by atoms with van der Waals surface area (Å²) in [6.45, 7) is 2.17. The van der Waals surface area contributed by atoms with Crippen LogP contribution < -0.4 is 0 Å². The maximum atomic E-state index is 12.0. The minimum Gasteiger partial charge on any atom is -0.508 e. The molecule has 0 saturated carbocycles. The molecule has 2 aromatic rings. The molecule has 2 rings (SSSR count). The van der Waals surface area contributed by atoms with Gasteiger partial charge in [-0.05, 0) is 30.5 Å². The molecule has 0 unspecified atom stereocenters. The summed E-state index contributed by atoms with van der Waals surface area (Å²) in [5.74, 6) is -0.651. The molecule has 0 heterocycles. The van der Waals surface area contributed by atoms with Gasteiger partial charge in [0.15, 0.2) is 5.78 Å². The lowest BCUT2D eigenvalue weighted by Gasteiger charge is -2.07. The molecule has 0 radical (unpaired) electrons.